The summed E-state index contributed by atoms with van der Waals surface area (Å²) in [7, 11) is 3.23. The smallest absolute Gasteiger partial charge is 0.226 e. The third-order valence-electron chi connectivity index (χ3n) is 5.19. The molecule has 1 amide bonds. The first-order chi connectivity index (χ1) is 13.6. The molecule has 1 saturated heterocycles. The van der Waals surface area contributed by atoms with Crippen LogP contribution in [0.3, 0.4) is 0 Å². The first-order valence-corrected chi connectivity index (χ1v) is 10.7. The van der Waals surface area contributed by atoms with Gasteiger partial charge >= 0.3 is 0 Å². The van der Waals surface area contributed by atoms with Gasteiger partial charge in [-0.05, 0) is 44.5 Å². The largest absolute Gasteiger partial charge is 0.493 e. The molecule has 28 heavy (non-hydrogen) atoms. The summed E-state index contributed by atoms with van der Waals surface area (Å²) in [5.74, 6) is 1.38. The Morgan fingerprint density at radius 3 is 2.86 bits per heavy atom. The molecule has 1 aliphatic heterocycles. The van der Waals surface area contributed by atoms with Crippen molar-refractivity contribution in [1.82, 2.24) is 15.2 Å². The molecule has 7 heteroatoms. The van der Waals surface area contributed by atoms with Gasteiger partial charge in [0.1, 0.15) is 5.01 Å². The lowest BCUT2D eigenvalue weighted by atomic mass is 10.0. The molecule has 1 aromatic heterocycles. The predicted octanol–water partition coefficient (Wildman–Crippen LogP) is 3.36. The minimum absolute atomic E-state index is 0.0221. The van der Waals surface area contributed by atoms with Crippen LogP contribution >= 0.6 is 11.3 Å². The maximum absolute atomic E-state index is 12.3. The zero-order valence-electron chi connectivity index (χ0n) is 16.9. The van der Waals surface area contributed by atoms with Crippen LogP contribution in [0.25, 0.3) is 10.6 Å². The quantitative estimate of drug-likeness (QED) is 0.732. The fraction of sp³-hybridized carbons (Fsp3) is 0.524. The van der Waals surface area contributed by atoms with E-state index in [0.29, 0.717) is 30.5 Å². The minimum Gasteiger partial charge on any atom is -0.493 e. The van der Waals surface area contributed by atoms with Crippen LogP contribution in [0.1, 0.15) is 31.9 Å². The summed E-state index contributed by atoms with van der Waals surface area (Å²) in [6.07, 6.45) is 4.14. The number of methoxy groups -OCH3 is 2. The number of likely N-dealkylation sites (tertiary alicyclic amines) is 1. The van der Waals surface area contributed by atoms with Crippen LogP contribution in [-0.2, 0) is 11.2 Å². The van der Waals surface area contributed by atoms with Crippen molar-refractivity contribution in [2.24, 2.45) is 0 Å². The molecule has 0 bridgehead atoms. The second-order valence-corrected chi connectivity index (χ2v) is 7.98. The zero-order chi connectivity index (χ0) is 19.9. The van der Waals surface area contributed by atoms with E-state index in [9.17, 15) is 4.79 Å². The van der Waals surface area contributed by atoms with Crippen molar-refractivity contribution in [2.45, 2.75) is 38.6 Å². The number of hydrogen-bond acceptors (Lipinski definition) is 6. The number of nitrogens with one attached hydrogen (secondary N) is 1. The van der Waals surface area contributed by atoms with Crippen LogP contribution in [0.2, 0.25) is 0 Å². The second kappa shape index (κ2) is 9.89. The molecule has 0 aliphatic carbocycles. The van der Waals surface area contributed by atoms with Gasteiger partial charge < -0.3 is 14.8 Å². The highest BCUT2D eigenvalue weighted by Gasteiger charge is 2.18. The van der Waals surface area contributed by atoms with Crippen LogP contribution in [0, 0.1) is 0 Å². The van der Waals surface area contributed by atoms with Crippen molar-refractivity contribution < 1.29 is 14.3 Å². The lowest BCUT2D eigenvalue weighted by molar-refractivity contribution is -0.120. The van der Waals surface area contributed by atoms with Crippen molar-refractivity contribution in [3.63, 3.8) is 0 Å². The van der Waals surface area contributed by atoms with E-state index < -0.39 is 0 Å². The van der Waals surface area contributed by atoms with Crippen molar-refractivity contribution in [1.29, 1.82) is 0 Å². The number of carbonyl (C=O) groups excluding carboxylic acids is 1. The maximum Gasteiger partial charge on any atom is 0.226 e. The first kappa shape index (κ1) is 20.6. The number of thiazole rings is 1. The van der Waals surface area contributed by atoms with Crippen LogP contribution in [-0.4, -0.2) is 55.7 Å². The highest BCUT2D eigenvalue weighted by molar-refractivity contribution is 7.13. The monoisotopic (exact) mass is 403 g/mol. The molecular formula is C21H29N3O3S. The molecule has 2 heterocycles. The molecular weight excluding hydrogens is 374 g/mol. The van der Waals surface area contributed by atoms with E-state index in [1.807, 2.05) is 23.6 Å². The Morgan fingerprint density at radius 2 is 2.11 bits per heavy atom. The topological polar surface area (TPSA) is 63.7 Å². The van der Waals surface area contributed by atoms with Crippen LogP contribution in [0.4, 0.5) is 0 Å². The standard InChI is InChI=1S/C21H29N3O3S/c1-15-6-4-5-10-24(15)11-9-22-20(25)13-17-14-28-21(23-17)16-7-8-18(26-2)19(12-16)27-3/h7-8,12,14-15H,4-6,9-11,13H2,1-3H3,(H,22,25). The Labute approximate surface area is 170 Å². The number of aromatic nitrogens is 1. The molecule has 1 atom stereocenters. The first-order valence-electron chi connectivity index (χ1n) is 9.78. The molecule has 2 aromatic rings. The van der Waals surface area contributed by atoms with E-state index >= 15 is 0 Å². The van der Waals surface area contributed by atoms with Gasteiger partial charge in [-0.25, -0.2) is 4.98 Å². The Morgan fingerprint density at radius 1 is 1.29 bits per heavy atom. The number of benzene rings is 1. The van der Waals surface area contributed by atoms with Gasteiger partial charge in [-0.1, -0.05) is 6.42 Å². The van der Waals surface area contributed by atoms with E-state index in [1.54, 1.807) is 14.2 Å². The summed E-state index contributed by atoms with van der Waals surface area (Å²) in [5, 5.41) is 5.84. The van der Waals surface area contributed by atoms with Crippen LogP contribution in [0.15, 0.2) is 23.6 Å². The second-order valence-electron chi connectivity index (χ2n) is 7.12. The van der Waals surface area contributed by atoms with Crippen molar-refractivity contribution in [2.75, 3.05) is 33.9 Å². The summed E-state index contributed by atoms with van der Waals surface area (Å²) in [6, 6.07) is 6.34. The van der Waals surface area contributed by atoms with Gasteiger partial charge in [0.05, 0.1) is 26.3 Å². The molecule has 0 spiro atoms. The van der Waals surface area contributed by atoms with Crippen LogP contribution in [0.5, 0.6) is 11.5 Å². The lowest BCUT2D eigenvalue weighted by Crippen LogP contribution is -2.42. The predicted molar refractivity (Wildman–Crippen MR) is 112 cm³/mol. The Kier molecular flexibility index (Phi) is 7.28. The maximum atomic E-state index is 12.3. The Balaban J connectivity index is 1.52. The fourth-order valence-corrected chi connectivity index (χ4v) is 4.36. The normalized spacial score (nSPS) is 17.3. The SMILES string of the molecule is COc1ccc(-c2nc(CC(=O)NCCN3CCCCC3C)cs2)cc1OC. The Bertz CT molecular complexity index is 793. The highest BCUT2D eigenvalue weighted by Crippen LogP contribution is 2.33. The molecule has 0 saturated carbocycles. The molecule has 1 fully saturated rings. The number of amides is 1. The minimum atomic E-state index is 0.0221. The lowest BCUT2D eigenvalue weighted by Gasteiger charge is -2.33. The summed E-state index contributed by atoms with van der Waals surface area (Å²) >= 11 is 1.53. The average molecular weight is 404 g/mol. The molecule has 1 aromatic carbocycles. The number of rotatable bonds is 8. The van der Waals surface area contributed by atoms with Gasteiger partial charge in [0.2, 0.25) is 5.91 Å². The summed E-state index contributed by atoms with van der Waals surface area (Å²) < 4.78 is 10.6. The molecule has 3 rings (SSSR count). The van der Waals surface area contributed by atoms with Gasteiger partial charge in [-0.2, -0.15) is 0 Å². The van der Waals surface area contributed by atoms with E-state index in [-0.39, 0.29) is 5.91 Å². The van der Waals surface area contributed by atoms with Gasteiger partial charge in [-0.15, -0.1) is 11.3 Å². The van der Waals surface area contributed by atoms with Gasteiger partial charge in [0.15, 0.2) is 11.5 Å². The molecule has 1 N–H and O–H groups in total. The summed E-state index contributed by atoms with van der Waals surface area (Å²) in [6.45, 7) is 5.01. The van der Waals surface area contributed by atoms with Crippen LogP contribution < -0.4 is 14.8 Å². The van der Waals surface area contributed by atoms with Gasteiger partial charge in [0, 0.05) is 30.1 Å². The number of ether oxygens (including phenoxy) is 2. The van der Waals surface area contributed by atoms with E-state index in [2.05, 4.69) is 22.1 Å². The van der Waals surface area contributed by atoms with E-state index in [0.717, 1.165) is 29.4 Å². The fourth-order valence-electron chi connectivity index (χ4n) is 3.55. The number of piperidine rings is 1. The highest BCUT2D eigenvalue weighted by atomic mass is 32.1. The van der Waals surface area contributed by atoms with E-state index in [1.165, 1.54) is 30.6 Å². The number of nitrogens with zero attached hydrogens (tertiary/aromatic N) is 2. The molecule has 1 aliphatic rings. The molecule has 1 unspecified atom stereocenters. The Hall–Kier alpha value is -2.12. The third-order valence-corrected chi connectivity index (χ3v) is 6.13. The van der Waals surface area contributed by atoms with Gasteiger partial charge in [0.25, 0.3) is 0 Å². The van der Waals surface area contributed by atoms with E-state index in [4.69, 9.17) is 9.47 Å². The number of carbonyl (C=O) groups is 1. The molecule has 6 nitrogen and oxygen atoms in total. The zero-order valence-corrected chi connectivity index (χ0v) is 17.7. The van der Waals surface area contributed by atoms with Crippen molar-refractivity contribution in [3.05, 3.63) is 29.3 Å². The summed E-state index contributed by atoms with van der Waals surface area (Å²) in [4.78, 5) is 19.3. The summed E-state index contributed by atoms with van der Waals surface area (Å²) in [5.41, 5.74) is 1.74. The average Bonchev–Trinajstić information content (AvgIpc) is 3.17. The van der Waals surface area contributed by atoms with Crippen molar-refractivity contribution in [3.8, 4) is 22.1 Å². The van der Waals surface area contributed by atoms with Gasteiger partial charge in [-0.3, -0.25) is 9.69 Å². The van der Waals surface area contributed by atoms with Crippen molar-refractivity contribution >= 4 is 17.2 Å². The molecule has 152 valence electrons. The third kappa shape index (κ3) is 5.23. The number of hydrogen-bond donors (Lipinski definition) is 1. The molecule has 0 radical (unpaired) electrons.